The van der Waals surface area contributed by atoms with Gasteiger partial charge in [0.25, 0.3) is 0 Å². The van der Waals surface area contributed by atoms with Crippen LogP contribution in [-0.4, -0.2) is 4.57 Å². The summed E-state index contributed by atoms with van der Waals surface area (Å²) in [6.45, 7) is 0. The van der Waals surface area contributed by atoms with Crippen molar-refractivity contribution in [3.63, 3.8) is 0 Å². The predicted octanol–water partition coefficient (Wildman–Crippen LogP) is 10.4. The van der Waals surface area contributed by atoms with Crippen LogP contribution in [0.1, 0.15) is 11.7 Å². The van der Waals surface area contributed by atoms with Crippen LogP contribution in [-0.2, 0) is 0 Å². The third-order valence-electron chi connectivity index (χ3n) is 8.74. The highest BCUT2D eigenvalue weighted by Crippen LogP contribution is 2.51. The molecule has 1 aliphatic rings. The number of hydrogen-bond acceptors (Lipinski definition) is 2. The molecule has 198 valence electrons. The zero-order valence-corrected chi connectivity index (χ0v) is 22.9. The Hall–Kier alpha value is -5.54. The maximum Gasteiger partial charge on any atom is 0.130 e. The molecule has 0 spiro atoms. The molecule has 0 saturated heterocycles. The van der Waals surface area contributed by atoms with Crippen LogP contribution >= 0.6 is 0 Å². The van der Waals surface area contributed by atoms with E-state index < -0.39 is 0 Å². The van der Waals surface area contributed by atoms with Gasteiger partial charge < -0.3 is 14.8 Å². The van der Waals surface area contributed by atoms with Gasteiger partial charge in [-0.2, -0.15) is 0 Å². The number of nitrogens with zero attached hydrogens (tertiary/aromatic N) is 2. The average molecular weight is 538 g/mol. The number of nitrogens with one attached hydrogen (secondary N) is 1. The lowest BCUT2D eigenvalue weighted by Crippen LogP contribution is -2.23. The van der Waals surface area contributed by atoms with E-state index in [0.717, 1.165) is 5.69 Å². The second-order valence-electron chi connectivity index (χ2n) is 11.1. The van der Waals surface area contributed by atoms with Gasteiger partial charge in [0.1, 0.15) is 6.17 Å². The molecule has 1 N–H and O–H groups in total. The number of fused-ring (bicyclic) bond motifs is 8. The molecule has 3 heteroatoms. The van der Waals surface area contributed by atoms with Crippen LogP contribution in [0.15, 0.2) is 152 Å². The number of anilines is 3. The van der Waals surface area contributed by atoms with Gasteiger partial charge in [0.2, 0.25) is 0 Å². The number of rotatable bonds is 3. The van der Waals surface area contributed by atoms with E-state index in [-0.39, 0.29) is 6.17 Å². The van der Waals surface area contributed by atoms with Gasteiger partial charge >= 0.3 is 0 Å². The first kappa shape index (κ1) is 23.2. The Labute approximate surface area is 243 Å². The van der Waals surface area contributed by atoms with Crippen LogP contribution in [0.3, 0.4) is 0 Å². The number of aromatic nitrogens is 1. The first-order chi connectivity index (χ1) is 20.8. The predicted molar refractivity (Wildman–Crippen MR) is 177 cm³/mol. The van der Waals surface area contributed by atoms with Crippen LogP contribution in [0.4, 0.5) is 17.1 Å². The van der Waals surface area contributed by atoms with Crippen molar-refractivity contribution < 1.29 is 0 Å². The van der Waals surface area contributed by atoms with Crippen LogP contribution in [0.5, 0.6) is 0 Å². The smallest absolute Gasteiger partial charge is 0.130 e. The van der Waals surface area contributed by atoms with Crippen molar-refractivity contribution >= 4 is 60.4 Å². The largest absolute Gasteiger partial charge is 0.359 e. The van der Waals surface area contributed by atoms with E-state index in [1.54, 1.807) is 0 Å². The molecule has 1 aliphatic heterocycles. The first-order valence-electron chi connectivity index (χ1n) is 14.5. The van der Waals surface area contributed by atoms with Crippen molar-refractivity contribution in [2.24, 2.45) is 0 Å². The van der Waals surface area contributed by atoms with E-state index in [1.165, 1.54) is 66.0 Å². The van der Waals surface area contributed by atoms with Crippen molar-refractivity contribution in [1.82, 2.24) is 4.57 Å². The quantitative estimate of drug-likeness (QED) is 0.226. The van der Waals surface area contributed by atoms with Gasteiger partial charge in [-0.3, -0.25) is 0 Å². The van der Waals surface area contributed by atoms with E-state index in [9.17, 15) is 0 Å². The third-order valence-corrected chi connectivity index (χ3v) is 8.74. The molecular formula is C39H27N3. The standard InChI is InChI=1S/C39H27N3/c1-3-11-28(12-4-1)39-40-34-24-22-27-20-19-26-21-23-30(25-33(26)37(27)38(34)42(39)29-13-5-2-6-14-29)41-35-17-9-7-15-31(35)32-16-8-10-18-36(32)41/h1-25,39-40H. The molecule has 1 unspecified atom stereocenters. The molecule has 1 atom stereocenters. The minimum absolute atomic E-state index is 0.00928. The van der Waals surface area contributed by atoms with Crippen molar-refractivity contribution in [2.75, 3.05) is 10.2 Å². The van der Waals surface area contributed by atoms with Crippen LogP contribution in [0, 0.1) is 0 Å². The lowest BCUT2D eigenvalue weighted by molar-refractivity contribution is 0.830. The van der Waals surface area contributed by atoms with Gasteiger partial charge in [0, 0.05) is 27.5 Å². The fourth-order valence-corrected chi connectivity index (χ4v) is 6.90. The summed E-state index contributed by atoms with van der Waals surface area (Å²) in [6.07, 6.45) is -0.00928. The Kier molecular flexibility index (Phi) is 4.96. The summed E-state index contributed by atoms with van der Waals surface area (Å²) in [5.74, 6) is 0. The van der Waals surface area contributed by atoms with E-state index in [0.29, 0.717) is 0 Å². The summed E-state index contributed by atoms with van der Waals surface area (Å²) >= 11 is 0. The Morgan fingerprint density at radius 2 is 1.07 bits per heavy atom. The molecule has 42 heavy (non-hydrogen) atoms. The monoisotopic (exact) mass is 537 g/mol. The lowest BCUT2D eigenvalue weighted by Gasteiger charge is -2.28. The first-order valence-corrected chi connectivity index (χ1v) is 14.5. The van der Waals surface area contributed by atoms with Crippen molar-refractivity contribution in [2.45, 2.75) is 6.17 Å². The van der Waals surface area contributed by atoms with E-state index in [4.69, 9.17) is 0 Å². The Balaban J connectivity index is 1.35. The summed E-state index contributed by atoms with van der Waals surface area (Å²) < 4.78 is 2.41. The summed E-state index contributed by atoms with van der Waals surface area (Å²) in [6, 6.07) is 54.8. The summed E-state index contributed by atoms with van der Waals surface area (Å²) in [4.78, 5) is 2.47. The van der Waals surface area contributed by atoms with E-state index >= 15 is 0 Å². The van der Waals surface area contributed by atoms with Crippen molar-refractivity contribution in [3.8, 4) is 5.69 Å². The molecule has 9 rings (SSSR count). The highest BCUT2D eigenvalue weighted by atomic mass is 15.3. The van der Waals surface area contributed by atoms with Gasteiger partial charge in [-0.15, -0.1) is 0 Å². The molecule has 3 nitrogen and oxygen atoms in total. The lowest BCUT2D eigenvalue weighted by atomic mass is 9.98. The molecule has 0 fully saturated rings. The minimum atomic E-state index is -0.00928. The van der Waals surface area contributed by atoms with Gasteiger partial charge in [0.05, 0.1) is 22.4 Å². The molecule has 8 aromatic rings. The number of hydrogen-bond donors (Lipinski definition) is 1. The highest BCUT2D eigenvalue weighted by molar-refractivity contribution is 6.19. The fourth-order valence-electron chi connectivity index (χ4n) is 6.90. The van der Waals surface area contributed by atoms with Gasteiger partial charge in [0.15, 0.2) is 0 Å². The van der Waals surface area contributed by atoms with Crippen LogP contribution < -0.4 is 10.2 Å². The van der Waals surface area contributed by atoms with Gasteiger partial charge in [-0.1, -0.05) is 109 Å². The molecule has 0 saturated carbocycles. The average Bonchev–Trinajstić information content (AvgIpc) is 3.62. The molecule has 2 heterocycles. The maximum atomic E-state index is 3.87. The maximum absolute atomic E-state index is 3.87. The molecule has 0 radical (unpaired) electrons. The normalized spacial score (nSPS) is 14.6. The van der Waals surface area contributed by atoms with Gasteiger partial charge in [-0.05, 0) is 64.2 Å². The second kappa shape index (κ2) is 8.98. The second-order valence-corrected chi connectivity index (χ2v) is 11.1. The van der Waals surface area contributed by atoms with E-state index in [1.807, 2.05) is 0 Å². The number of benzene rings is 7. The van der Waals surface area contributed by atoms with Crippen LogP contribution in [0.25, 0.3) is 49.0 Å². The summed E-state index contributed by atoms with van der Waals surface area (Å²) in [7, 11) is 0. The fraction of sp³-hybridized carbons (Fsp3) is 0.0256. The Bertz CT molecular complexity index is 2230. The van der Waals surface area contributed by atoms with E-state index in [2.05, 4.69) is 166 Å². The molecule has 1 aromatic heterocycles. The Morgan fingerprint density at radius 1 is 0.476 bits per heavy atom. The highest BCUT2D eigenvalue weighted by Gasteiger charge is 2.33. The molecule has 0 bridgehead atoms. The molecule has 7 aromatic carbocycles. The van der Waals surface area contributed by atoms with Crippen molar-refractivity contribution in [1.29, 1.82) is 0 Å². The van der Waals surface area contributed by atoms with Gasteiger partial charge in [-0.25, -0.2) is 0 Å². The molecule has 0 aliphatic carbocycles. The molecular weight excluding hydrogens is 510 g/mol. The SMILES string of the molecule is c1ccc(C2Nc3ccc4ccc5ccc(-n6c7ccccc7c7ccccc76)cc5c4c3N2c2ccccc2)cc1. The zero-order chi connectivity index (χ0) is 27.6. The summed E-state index contributed by atoms with van der Waals surface area (Å²) in [5.41, 5.74) is 8.38. The van der Waals surface area contributed by atoms with Crippen LogP contribution in [0.2, 0.25) is 0 Å². The minimum Gasteiger partial charge on any atom is -0.359 e. The zero-order valence-electron chi connectivity index (χ0n) is 22.9. The number of para-hydroxylation sites is 3. The topological polar surface area (TPSA) is 20.2 Å². The Morgan fingerprint density at radius 3 is 1.81 bits per heavy atom. The van der Waals surface area contributed by atoms with Crippen molar-refractivity contribution in [3.05, 3.63) is 157 Å². The molecule has 0 amide bonds. The third kappa shape index (κ3) is 3.34. The summed E-state index contributed by atoms with van der Waals surface area (Å²) in [5, 5.41) is 11.4.